The van der Waals surface area contributed by atoms with Gasteiger partial charge in [0.15, 0.2) is 0 Å². The lowest BCUT2D eigenvalue weighted by Crippen LogP contribution is -2.24. The molecule has 3 atom stereocenters. The molecule has 0 aromatic heterocycles. The molecular weight excluding hydrogens is 252 g/mol. The lowest BCUT2D eigenvalue weighted by molar-refractivity contribution is 0.150. The highest BCUT2D eigenvalue weighted by Gasteiger charge is 2.29. The van der Waals surface area contributed by atoms with Crippen LogP contribution in [-0.4, -0.2) is 0 Å². The molecule has 21 heavy (non-hydrogen) atoms. The van der Waals surface area contributed by atoms with Crippen LogP contribution in [-0.2, 0) is 0 Å². The van der Waals surface area contributed by atoms with Crippen LogP contribution in [0.2, 0.25) is 0 Å². The van der Waals surface area contributed by atoms with Crippen molar-refractivity contribution >= 4 is 0 Å². The van der Waals surface area contributed by atoms with Gasteiger partial charge in [-0.25, -0.2) is 0 Å². The Morgan fingerprint density at radius 3 is 1.90 bits per heavy atom. The van der Waals surface area contributed by atoms with Gasteiger partial charge in [-0.2, -0.15) is 0 Å². The van der Waals surface area contributed by atoms with Crippen molar-refractivity contribution in [2.75, 3.05) is 0 Å². The van der Waals surface area contributed by atoms with Gasteiger partial charge in [-0.1, -0.05) is 85.5 Å². The number of rotatable bonds is 6. The molecule has 2 aliphatic carbocycles. The first-order chi connectivity index (χ1) is 10.1. The summed E-state index contributed by atoms with van der Waals surface area (Å²) in [5.74, 6) is 6.07. The summed E-state index contributed by atoms with van der Waals surface area (Å²) in [6.07, 6.45) is 16.8. The maximum absolute atomic E-state index is 2.46. The summed E-state index contributed by atoms with van der Waals surface area (Å²) >= 11 is 0. The topological polar surface area (TPSA) is 0 Å². The van der Waals surface area contributed by atoms with Crippen molar-refractivity contribution in [3.63, 3.8) is 0 Å². The van der Waals surface area contributed by atoms with Crippen molar-refractivity contribution in [3.05, 3.63) is 0 Å². The van der Waals surface area contributed by atoms with Gasteiger partial charge in [-0.15, -0.1) is 0 Å². The van der Waals surface area contributed by atoms with Crippen molar-refractivity contribution in [2.45, 2.75) is 98.3 Å². The quantitative estimate of drug-likeness (QED) is 0.490. The first-order valence-electron chi connectivity index (χ1n) is 10.1. The second-order valence-corrected chi connectivity index (χ2v) is 8.79. The van der Waals surface area contributed by atoms with Crippen LogP contribution in [0.4, 0.5) is 0 Å². The fraction of sp³-hybridized carbons (Fsp3) is 1.00. The molecule has 0 amide bonds. The Morgan fingerprint density at radius 1 is 0.762 bits per heavy atom. The molecule has 0 aromatic rings. The predicted molar refractivity (Wildman–Crippen MR) is 94.4 cm³/mol. The minimum atomic E-state index is 0.871. The molecule has 2 saturated carbocycles. The minimum absolute atomic E-state index is 0.871. The van der Waals surface area contributed by atoms with E-state index in [1.165, 1.54) is 44.9 Å². The van der Waals surface area contributed by atoms with Crippen molar-refractivity contribution in [1.29, 1.82) is 0 Å². The standard InChI is InChI=1S/C21H40/c1-5-20-8-6-7-9-21(20)15-19-12-10-18(11-13-19)14-17(4)16(2)3/h16-21H,5-15H2,1-4H3. The largest absolute Gasteiger partial charge is 0.0651 e. The van der Waals surface area contributed by atoms with Crippen molar-refractivity contribution < 1.29 is 0 Å². The van der Waals surface area contributed by atoms with Crippen LogP contribution in [0.25, 0.3) is 0 Å². The molecule has 3 unspecified atom stereocenters. The van der Waals surface area contributed by atoms with E-state index in [4.69, 9.17) is 0 Å². The molecule has 2 rings (SSSR count). The average Bonchev–Trinajstić information content (AvgIpc) is 2.49. The van der Waals surface area contributed by atoms with E-state index < -0.39 is 0 Å². The molecule has 0 radical (unpaired) electrons. The van der Waals surface area contributed by atoms with Gasteiger partial charge >= 0.3 is 0 Å². The molecule has 2 fully saturated rings. The van der Waals surface area contributed by atoms with Gasteiger partial charge in [0.05, 0.1) is 0 Å². The highest BCUT2D eigenvalue weighted by Crippen LogP contribution is 2.41. The first-order valence-corrected chi connectivity index (χ1v) is 10.1. The summed E-state index contributed by atoms with van der Waals surface area (Å²) in [4.78, 5) is 0. The molecule has 0 bridgehead atoms. The van der Waals surface area contributed by atoms with E-state index in [0.717, 1.165) is 35.5 Å². The fourth-order valence-electron chi connectivity index (χ4n) is 5.06. The van der Waals surface area contributed by atoms with Crippen LogP contribution in [0.15, 0.2) is 0 Å². The molecule has 0 spiro atoms. The Bertz CT molecular complexity index is 272. The van der Waals surface area contributed by atoms with Crippen molar-refractivity contribution in [3.8, 4) is 0 Å². The number of hydrogen-bond donors (Lipinski definition) is 0. The lowest BCUT2D eigenvalue weighted by atomic mass is 9.69. The van der Waals surface area contributed by atoms with Gasteiger partial charge in [-0.3, -0.25) is 0 Å². The van der Waals surface area contributed by atoms with Crippen LogP contribution in [0.5, 0.6) is 0 Å². The lowest BCUT2D eigenvalue weighted by Gasteiger charge is -2.37. The third kappa shape index (κ3) is 5.29. The van der Waals surface area contributed by atoms with Gasteiger partial charge < -0.3 is 0 Å². The molecule has 0 aliphatic heterocycles. The van der Waals surface area contributed by atoms with E-state index in [0.29, 0.717) is 0 Å². The maximum atomic E-state index is 2.46. The van der Waals surface area contributed by atoms with E-state index in [1.807, 2.05) is 0 Å². The Labute approximate surface area is 134 Å². The Kier molecular flexibility index (Phi) is 7.10. The molecule has 0 aromatic carbocycles. The monoisotopic (exact) mass is 292 g/mol. The molecule has 0 saturated heterocycles. The Hall–Kier alpha value is 0. The van der Waals surface area contributed by atoms with E-state index in [-0.39, 0.29) is 0 Å². The van der Waals surface area contributed by atoms with Crippen molar-refractivity contribution in [1.82, 2.24) is 0 Å². The normalized spacial score (nSPS) is 35.9. The highest BCUT2D eigenvalue weighted by atomic mass is 14.3. The van der Waals surface area contributed by atoms with E-state index >= 15 is 0 Å². The summed E-state index contributed by atoms with van der Waals surface area (Å²) in [5, 5.41) is 0. The molecular formula is C21H40. The van der Waals surface area contributed by atoms with Crippen LogP contribution in [0.3, 0.4) is 0 Å². The zero-order valence-electron chi connectivity index (χ0n) is 15.2. The molecule has 0 heterocycles. The molecule has 0 nitrogen and oxygen atoms in total. The van der Waals surface area contributed by atoms with Crippen LogP contribution in [0.1, 0.15) is 98.3 Å². The minimum Gasteiger partial charge on any atom is -0.0651 e. The van der Waals surface area contributed by atoms with Crippen molar-refractivity contribution in [2.24, 2.45) is 35.5 Å². The molecule has 2 aliphatic rings. The van der Waals surface area contributed by atoms with Gasteiger partial charge in [0.25, 0.3) is 0 Å². The van der Waals surface area contributed by atoms with Gasteiger partial charge in [0.1, 0.15) is 0 Å². The third-order valence-electron chi connectivity index (χ3n) is 7.04. The smallest absolute Gasteiger partial charge is 0.0383 e. The van der Waals surface area contributed by atoms with E-state index in [9.17, 15) is 0 Å². The average molecular weight is 293 g/mol. The van der Waals surface area contributed by atoms with Crippen LogP contribution >= 0.6 is 0 Å². The summed E-state index contributed by atoms with van der Waals surface area (Å²) in [5.41, 5.74) is 0. The summed E-state index contributed by atoms with van der Waals surface area (Å²) in [6, 6.07) is 0. The SMILES string of the molecule is CCC1CCCCC1CC1CCC(CC(C)C(C)C)CC1. The summed E-state index contributed by atoms with van der Waals surface area (Å²) in [7, 11) is 0. The highest BCUT2D eigenvalue weighted by molar-refractivity contribution is 4.81. The Morgan fingerprint density at radius 2 is 1.33 bits per heavy atom. The predicted octanol–water partition coefficient (Wildman–Crippen LogP) is 7.08. The first kappa shape index (κ1) is 17.4. The molecule has 0 N–H and O–H groups in total. The Balaban J connectivity index is 1.71. The van der Waals surface area contributed by atoms with Crippen LogP contribution < -0.4 is 0 Å². The zero-order chi connectivity index (χ0) is 15.2. The van der Waals surface area contributed by atoms with Gasteiger partial charge in [0.2, 0.25) is 0 Å². The number of hydrogen-bond acceptors (Lipinski definition) is 0. The van der Waals surface area contributed by atoms with Crippen LogP contribution in [0, 0.1) is 35.5 Å². The summed E-state index contributed by atoms with van der Waals surface area (Å²) in [6.45, 7) is 9.67. The zero-order valence-corrected chi connectivity index (χ0v) is 15.2. The molecule has 0 heteroatoms. The second kappa shape index (κ2) is 8.59. The maximum Gasteiger partial charge on any atom is -0.0383 e. The summed E-state index contributed by atoms with van der Waals surface area (Å²) < 4.78 is 0. The second-order valence-electron chi connectivity index (χ2n) is 8.79. The van der Waals surface area contributed by atoms with Gasteiger partial charge in [0, 0.05) is 0 Å². The fourth-order valence-corrected chi connectivity index (χ4v) is 5.06. The van der Waals surface area contributed by atoms with E-state index in [1.54, 1.807) is 25.7 Å². The third-order valence-corrected chi connectivity index (χ3v) is 7.04. The van der Waals surface area contributed by atoms with Gasteiger partial charge in [-0.05, 0) is 48.3 Å². The molecule has 124 valence electrons. The van der Waals surface area contributed by atoms with E-state index in [2.05, 4.69) is 27.7 Å².